The summed E-state index contributed by atoms with van der Waals surface area (Å²) in [4.78, 5) is 38.6. The van der Waals surface area contributed by atoms with E-state index in [9.17, 15) is 9.59 Å². The van der Waals surface area contributed by atoms with E-state index in [0.29, 0.717) is 11.1 Å². The molecule has 2 aromatic heterocycles. The fourth-order valence-electron chi connectivity index (χ4n) is 4.62. The van der Waals surface area contributed by atoms with Gasteiger partial charge in [-0.1, -0.05) is 24.3 Å². The Morgan fingerprint density at radius 1 is 0.848 bits per heavy atom. The highest BCUT2D eigenvalue weighted by Crippen LogP contribution is 2.34. The van der Waals surface area contributed by atoms with Gasteiger partial charge in [0.15, 0.2) is 0 Å². The van der Waals surface area contributed by atoms with Gasteiger partial charge in [-0.3, -0.25) is 19.4 Å². The highest BCUT2D eigenvalue weighted by atomic mass is 32.1. The van der Waals surface area contributed by atoms with E-state index in [4.69, 9.17) is 0 Å². The van der Waals surface area contributed by atoms with Crippen LogP contribution in [0.15, 0.2) is 60.0 Å². The molecule has 166 valence electrons. The first-order chi connectivity index (χ1) is 16.2. The van der Waals surface area contributed by atoms with Crippen molar-refractivity contribution in [3.05, 3.63) is 81.0 Å². The Balaban J connectivity index is 1.21. The minimum absolute atomic E-state index is 0.208. The van der Waals surface area contributed by atoms with Gasteiger partial charge in [0, 0.05) is 37.6 Å². The van der Waals surface area contributed by atoms with E-state index in [1.54, 1.807) is 17.4 Å². The Morgan fingerprint density at radius 3 is 2.48 bits per heavy atom. The molecule has 2 aliphatic rings. The summed E-state index contributed by atoms with van der Waals surface area (Å²) in [5, 5.41) is 2.89. The van der Waals surface area contributed by atoms with E-state index < -0.39 is 0 Å². The number of piperazine rings is 1. The van der Waals surface area contributed by atoms with E-state index in [0.717, 1.165) is 53.6 Å². The van der Waals surface area contributed by atoms with Crippen LogP contribution in [0.5, 0.6) is 0 Å². The molecule has 4 heterocycles. The number of carbonyl (C=O) groups is 2. The third kappa shape index (κ3) is 3.74. The molecular weight excluding hydrogens is 452 g/mol. The molecule has 2 aliphatic heterocycles. The first-order valence-electron chi connectivity index (χ1n) is 11.0. The number of para-hydroxylation sites is 1. The molecule has 0 aliphatic carbocycles. The van der Waals surface area contributed by atoms with Crippen LogP contribution in [0.4, 0.5) is 5.69 Å². The van der Waals surface area contributed by atoms with Crippen LogP contribution in [0, 0.1) is 0 Å². The number of thiophene rings is 1. The van der Waals surface area contributed by atoms with Crippen molar-refractivity contribution in [3.8, 4) is 0 Å². The quantitative estimate of drug-likeness (QED) is 0.399. The van der Waals surface area contributed by atoms with Gasteiger partial charge < -0.3 is 4.90 Å². The second-order valence-corrected chi connectivity index (χ2v) is 10.5. The number of anilines is 1. The number of benzene rings is 2. The number of amides is 2. The molecule has 0 N–H and O–H groups in total. The molecule has 1 fully saturated rings. The average molecular weight is 475 g/mol. The molecule has 8 heteroatoms. The standard InChI is InChI=1S/C25H22N4O2S2/c30-24-18-6-3-8-20(28-12-10-27(11-13-28)15-17-5-4-14-32-17)23(18)25(31)29(24)16-22-26-19-7-1-2-9-21(19)33-22/h1-9,14H,10-13,15-16H2. The highest BCUT2D eigenvalue weighted by Gasteiger charge is 2.39. The highest BCUT2D eigenvalue weighted by molar-refractivity contribution is 7.18. The number of hydrogen-bond acceptors (Lipinski definition) is 7. The van der Waals surface area contributed by atoms with Crippen LogP contribution in [0.2, 0.25) is 0 Å². The smallest absolute Gasteiger partial charge is 0.264 e. The Labute approximate surface area is 199 Å². The topological polar surface area (TPSA) is 56.8 Å². The summed E-state index contributed by atoms with van der Waals surface area (Å²) in [6, 6.07) is 17.8. The summed E-state index contributed by atoms with van der Waals surface area (Å²) >= 11 is 3.31. The number of rotatable bonds is 5. The first-order valence-corrected chi connectivity index (χ1v) is 12.7. The summed E-state index contributed by atoms with van der Waals surface area (Å²) in [5.41, 5.74) is 2.80. The van der Waals surface area contributed by atoms with Gasteiger partial charge in [0.1, 0.15) is 5.01 Å². The van der Waals surface area contributed by atoms with Gasteiger partial charge in [0.2, 0.25) is 0 Å². The van der Waals surface area contributed by atoms with Crippen molar-refractivity contribution in [2.75, 3.05) is 31.1 Å². The van der Waals surface area contributed by atoms with Gasteiger partial charge in [0.25, 0.3) is 11.8 Å². The lowest BCUT2D eigenvalue weighted by atomic mass is 10.1. The molecule has 0 spiro atoms. The zero-order valence-electron chi connectivity index (χ0n) is 17.9. The lowest BCUT2D eigenvalue weighted by Gasteiger charge is -2.36. The van der Waals surface area contributed by atoms with Gasteiger partial charge in [-0.15, -0.1) is 22.7 Å². The first kappa shape index (κ1) is 20.5. The molecule has 4 aromatic rings. The van der Waals surface area contributed by atoms with Gasteiger partial charge >= 0.3 is 0 Å². The van der Waals surface area contributed by atoms with Crippen molar-refractivity contribution in [2.45, 2.75) is 13.1 Å². The fourth-order valence-corrected chi connectivity index (χ4v) is 6.32. The normalized spacial score (nSPS) is 16.7. The molecule has 0 radical (unpaired) electrons. The number of aromatic nitrogens is 1. The number of nitrogens with zero attached hydrogens (tertiary/aromatic N) is 4. The Bertz CT molecular complexity index is 1310. The lowest BCUT2D eigenvalue weighted by Crippen LogP contribution is -2.46. The van der Waals surface area contributed by atoms with E-state index in [1.165, 1.54) is 21.1 Å². The van der Waals surface area contributed by atoms with Crippen LogP contribution in [0.25, 0.3) is 10.2 Å². The predicted octanol–water partition coefficient (Wildman–Crippen LogP) is 4.48. The van der Waals surface area contributed by atoms with E-state index >= 15 is 0 Å². The Morgan fingerprint density at radius 2 is 1.70 bits per heavy atom. The molecular formula is C25H22N4O2S2. The summed E-state index contributed by atoms with van der Waals surface area (Å²) in [6.45, 7) is 4.70. The zero-order chi connectivity index (χ0) is 22.4. The van der Waals surface area contributed by atoms with Gasteiger partial charge in [-0.05, 0) is 35.7 Å². The Kier molecular flexibility index (Phi) is 5.21. The molecule has 0 atom stereocenters. The van der Waals surface area contributed by atoms with Crippen molar-refractivity contribution in [2.24, 2.45) is 0 Å². The lowest BCUT2D eigenvalue weighted by molar-refractivity contribution is 0.0642. The van der Waals surface area contributed by atoms with Gasteiger partial charge in [0.05, 0.1) is 33.6 Å². The van der Waals surface area contributed by atoms with Gasteiger partial charge in [-0.25, -0.2) is 4.98 Å². The summed E-state index contributed by atoms with van der Waals surface area (Å²) in [5.74, 6) is -0.446. The molecule has 6 rings (SSSR count). The molecule has 2 aromatic carbocycles. The SMILES string of the molecule is O=C1c2cccc(N3CCN(Cc4cccs4)CC3)c2C(=O)N1Cc1nc2ccccc2s1. The van der Waals surface area contributed by atoms with Crippen LogP contribution in [-0.4, -0.2) is 52.8 Å². The second kappa shape index (κ2) is 8.37. The maximum Gasteiger partial charge on any atom is 0.264 e. The largest absolute Gasteiger partial charge is 0.368 e. The average Bonchev–Trinajstić information content (AvgIpc) is 3.55. The molecule has 1 saturated heterocycles. The van der Waals surface area contributed by atoms with Crippen LogP contribution < -0.4 is 4.90 Å². The minimum atomic E-state index is -0.229. The number of fused-ring (bicyclic) bond motifs is 2. The minimum Gasteiger partial charge on any atom is -0.368 e. The third-order valence-electron chi connectivity index (χ3n) is 6.28. The van der Waals surface area contributed by atoms with Crippen LogP contribution in [0.3, 0.4) is 0 Å². The van der Waals surface area contributed by atoms with Crippen LogP contribution in [0.1, 0.15) is 30.6 Å². The summed E-state index contributed by atoms with van der Waals surface area (Å²) in [7, 11) is 0. The Hall–Kier alpha value is -3.07. The van der Waals surface area contributed by atoms with Crippen molar-refractivity contribution < 1.29 is 9.59 Å². The number of thiazole rings is 1. The monoisotopic (exact) mass is 474 g/mol. The number of carbonyl (C=O) groups excluding carboxylic acids is 2. The fraction of sp³-hybridized carbons (Fsp3) is 0.240. The zero-order valence-corrected chi connectivity index (χ0v) is 19.6. The van der Waals surface area contributed by atoms with Gasteiger partial charge in [-0.2, -0.15) is 0 Å². The van der Waals surface area contributed by atoms with Crippen molar-refractivity contribution in [1.29, 1.82) is 0 Å². The van der Waals surface area contributed by atoms with Crippen LogP contribution in [-0.2, 0) is 13.1 Å². The second-order valence-electron chi connectivity index (χ2n) is 8.31. The molecule has 0 saturated carbocycles. The number of hydrogen-bond donors (Lipinski definition) is 0. The van der Waals surface area contributed by atoms with E-state index in [2.05, 4.69) is 32.3 Å². The van der Waals surface area contributed by atoms with Crippen LogP contribution >= 0.6 is 22.7 Å². The third-order valence-corrected chi connectivity index (χ3v) is 8.16. The maximum atomic E-state index is 13.4. The van der Waals surface area contributed by atoms with Crippen molar-refractivity contribution in [3.63, 3.8) is 0 Å². The predicted molar refractivity (Wildman–Crippen MR) is 132 cm³/mol. The van der Waals surface area contributed by atoms with E-state index in [1.807, 2.05) is 36.4 Å². The number of imide groups is 1. The summed E-state index contributed by atoms with van der Waals surface area (Å²) in [6.07, 6.45) is 0. The van der Waals surface area contributed by atoms with Crippen molar-refractivity contribution >= 4 is 50.4 Å². The van der Waals surface area contributed by atoms with Crippen molar-refractivity contribution in [1.82, 2.24) is 14.8 Å². The summed E-state index contributed by atoms with van der Waals surface area (Å²) < 4.78 is 1.06. The molecule has 6 nitrogen and oxygen atoms in total. The maximum absolute atomic E-state index is 13.4. The van der Waals surface area contributed by atoms with E-state index in [-0.39, 0.29) is 18.4 Å². The molecule has 0 bridgehead atoms. The molecule has 2 amide bonds. The molecule has 33 heavy (non-hydrogen) atoms. The molecule has 0 unspecified atom stereocenters.